The van der Waals surface area contributed by atoms with E-state index in [2.05, 4.69) is 0 Å². The minimum Gasteiger partial charge on any atom is -0.497 e. The molecule has 1 heterocycles. The minimum absolute atomic E-state index is 0.336. The Bertz CT molecular complexity index is 1220. The van der Waals surface area contributed by atoms with Gasteiger partial charge in [-0.15, -0.1) is 0 Å². The zero-order chi connectivity index (χ0) is 25.3. The highest BCUT2D eigenvalue weighted by Crippen LogP contribution is 2.49. The van der Waals surface area contributed by atoms with Crippen LogP contribution in [0.25, 0.3) is 0 Å². The lowest BCUT2D eigenvalue weighted by Crippen LogP contribution is -2.43. The number of allylic oxidation sites excluding steroid dienone is 2. The molecule has 2 aliphatic rings. The zero-order valence-electron chi connectivity index (χ0n) is 19.9. The Balaban J connectivity index is 1.89. The summed E-state index contributed by atoms with van der Waals surface area (Å²) in [6.45, 7) is 1.76. The number of Topliss-reactive ketones (excluding diaryl/α,β-unsaturated/α-hetero) is 1. The fourth-order valence-corrected chi connectivity index (χ4v) is 5.21. The third kappa shape index (κ3) is 4.48. The van der Waals surface area contributed by atoms with Crippen LogP contribution in [0.2, 0.25) is 5.02 Å². The molecule has 1 aliphatic heterocycles. The third-order valence-electron chi connectivity index (χ3n) is 6.76. The second-order valence-corrected chi connectivity index (χ2v) is 9.03. The summed E-state index contributed by atoms with van der Waals surface area (Å²) in [7, 11) is 4.14. The number of hydrogen-bond acceptors (Lipinski definition) is 7. The van der Waals surface area contributed by atoms with E-state index < -0.39 is 41.4 Å². The number of ether oxygens (including phenoxy) is 3. The molecule has 4 rings (SSSR count). The molecule has 1 unspecified atom stereocenters. The van der Waals surface area contributed by atoms with Gasteiger partial charge in [-0.2, -0.15) is 0 Å². The van der Waals surface area contributed by atoms with Crippen LogP contribution in [0.1, 0.15) is 36.3 Å². The van der Waals surface area contributed by atoms with E-state index in [1.165, 1.54) is 14.2 Å². The molecule has 0 amide bonds. The molecule has 0 fully saturated rings. The average molecular weight is 496 g/mol. The van der Waals surface area contributed by atoms with Gasteiger partial charge in [-0.1, -0.05) is 35.9 Å². The van der Waals surface area contributed by atoms with Gasteiger partial charge in [0, 0.05) is 33.8 Å². The summed E-state index contributed by atoms with van der Waals surface area (Å²) >= 11 is 6.10. The van der Waals surface area contributed by atoms with Gasteiger partial charge in [-0.3, -0.25) is 19.4 Å². The quantitative estimate of drug-likeness (QED) is 0.448. The standard InChI is InChI=1S/C27H26ClNO6/c1-14-21(26(31)34-3)22(16-5-9-17(28)10-6-16)24-20(29-14)13-19(23(25(24)30)27(32)35-4)15-7-11-18(33-2)12-8-15/h5-12,19,21-23H,13H2,1-4H3/t19-,21?,22-,23-/m0/s1. The molecule has 8 heteroatoms. The summed E-state index contributed by atoms with van der Waals surface area (Å²) in [4.78, 5) is 44.6. The average Bonchev–Trinajstić information content (AvgIpc) is 2.87. The van der Waals surface area contributed by atoms with Gasteiger partial charge in [0.15, 0.2) is 5.78 Å². The molecule has 1 aliphatic carbocycles. The van der Waals surface area contributed by atoms with Gasteiger partial charge >= 0.3 is 11.9 Å². The number of methoxy groups -OCH3 is 3. The fourth-order valence-electron chi connectivity index (χ4n) is 5.08. The Hall–Kier alpha value is -3.45. The molecule has 0 spiro atoms. The molecule has 0 saturated heterocycles. The van der Waals surface area contributed by atoms with Gasteiger partial charge in [-0.05, 0) is 48.7 Å². The van der Waals surface area contributed by atoms with E-state index in [9.17, 15) is 14.4 Å². The van der Waals surface area contributed by atoms with Crippen molar-refractivity contribution >= 4 is 35.0 Å². The highest BCUT2D eigenvalue weighted by atomic mass is 35.5. The van der Waals surface area contributed by atoms with Crippen molar-refractivity contribution in [1.29, 1.82) is 0 Å². The minimum atomic E-state index is -1.08. The Labute approximate surface area is 208 Å². The number of aliphatic imine (C=N–C) groups is 1. The molecule has 0 radical (unpaired) electrons. The van der Waals surface area contributed by atoms with Gasteiger partial charge in [0.05, 0.1) is 21.3 Å². The lowest BCUT2D eigenvalue weighted by Gasteiger charge is -2.39. The SMILES string of the molecule is COC(=O)C1C(C)=NC2=C(C(=O)[C@@H](C(=O)OC)[C@H](c3ccc(OC)cc3)C2)[C@H]1c1ccc(Cl)cc1. The summed E-state index contributed by atoms with van der Waals surface area (Å²) in [6, 6.07) is 14.2. The summed E-state index contributed by atoms with van der Waals surface area (Å²) < 4.78 is 15.4. The van der Waals surface area contributed by atoms with E-state index in [1.54, 1.807) is 50.4 Å². The van der Waals surface area contributed by atoms with Gasteiger partial charge in [-0.25, -0.2) is 0 Å². The highest BCUT2D eigenvalue weighted by molar-refractivity contribution is 6.30. The number of benzene rings is 2. The van der Waals surface area contributed by atoms with Crippen molar-refractivity contribution in [2.45, 2.75) is 25.2 Å². The molecule has 182 valence electrons. The molecule has 7 nitrogen and oxygen atoms in total. The van der Waals surface area contributed by atoms with E-state index in [4.69, 9.17) is 30.8 Å². The predicted octanol–water partition coefficient (Wildman–Crippen LogP) is 4.50. The Kier molecular flexibility index (Phi) is 7.08. The van der Waals surface area contributed by atoms with Gasteiger partial charge in [0.25, 0.3) is 0 Å². The van der Waals surface area contributed by atoms with E-state index >= 15 is 0 Å². The van der Waals surface area contributed by atoms with E-state index in [-0.39, 0.29) is 0 Å². The van der Waals surface area contributed by atoms with Crippen molar-refractivity contribution in [3.05, 3.63) is 76.0 Å². The molecular weight excluding hydrogens is 470 g/mol. The van der Waals surface area contributed by atoms with Crippen LogP contribution in [-0.4, -0.2) is 44.8 Å². The molecule has 0 bridgehead atoms. The van der Waals surface area contributed by atoms with Crippen LogP contribution in [0, 0.1) is 11.8 Å². The summed E-state index contributed by atoms with van der Waals surface area (Å²) in [5.74, 6) is -3.88. The molecule has 0 aromatic heterocycles. The van der Waals surface area contributed by atoms with E-state index in [0.717, 1.165) is 5.56 Å². The summed E-state index contributed by atoms with van der Waals surface area (Å²) in [6.07, 6.45) is 0.336. The fraction of sp³-hybridized carbons (Fsp3) is 0.333. The van der Waals surface area contributed by atoms with Crippen molar-refractivity contribution in [2.75, 3.05) is 21.3 Å². The molecule has 4 atom stereocenters. The maximum Gasteiger partial charge on any atom is 0.317 e. The maximum atomic E-state index is 14.0. The topological polar surface area (TPSA) is 91.3 Å². The second-order valence-electron chi connectivity index (χ2n) is 8.59. The molecular formula is C27H26ClNO6. The third-order valence-corrected chi connectivity index (χ3v) is 7.02. The smallest absolute Gasteiger partial charge is 0.317 e. The van der Waals surface area contributed by atoms with E-state index in [1.807, 2.05) is 12.1 Å². The van der Waals surface area contributed by atoms with Crippen LogP contribution in [0.15, 0.2) is 64.8 Å². The van der Waals surface area contributed by atoms with Gasteiger partial charge < -0.3 is 14.2 Å². The predicted molar refractivity (Wildman–Crippen MR) is 131 cm³/mol. The molecule has 0 saturated carbocycles. The Morgan fingerprint density at radius 3 is 2.03 bits per heavy atom. The van der Waals surface area contributed by atoms with Crippen molar-refractivity contribution in [3.63, 3.8) is 0 Å². The number of carbonyl (C=O) groups is 3. The first-order chi connectivity index (χ1) is 16.8. The maximum absolute atomic E-state index is 14.0. The number of carbonyl (C=O) groups excluding carboxylic acids is 3. The van der Waals surface area contributed by atoms with Crippen LogP contribution < -0.4 is 4.74 Å². The van der Waals surface area contributed by atoms with Gasteiger partial charge in [0.1, 0.15) is 17.6 Å². The largest absolute Gasteiger partial charge is 0.497 e. The second kappa shape index (κ2) is 10.0. The number of rotatable bonds is 5. The molecule has 35 heavy (non-hydrogen) atoms. The van der Waals surface area contributed by atoms with E-state index in [0.29, 0.717) is 39.7 Å². The summed E-state index contributed by atoms with van der Waals surface area (Å²) in [5.41, 5.74) is 2.97. The van der Waals surface area contributed by atoms with Crippen LogP contribution >= 0.6 is 11.6 Å². The zero-order valence-corrected chi connectivity index (χ0v) is 20.7. The van der Waals surface area contributed by atoms with Crippen molar-refractivity contribution in [2.24, 2.45) is 16.8 Å². The lowest BCUT2D eigenvalue weighted by molar-refractivity contribution is -0.150. The molecule has 0 N–H and O–H groups in total. The molecule has 2 aromatic rings. The van der Waals surface area contributed by atoms with Crippen molar-refractivity contribution in [1.82, 2.24) is 0 Å². The lowest BCUT2D eigenvalue weighted by atomic mass is 9.65. The number of hydrogen-bond donors (Lipinski definition) is 0. The molecule has 2 aromatic carbocycles. The highest BCUT2D eigenvalue weighted by Gasteiger charge is 2.50. The van der Waals surface area contributed by atoms with Crippen LogP contribution in [0.3, 0.4) is 0 Å². The normalized spacial score (nSPS) is 23.8. The number of halogens is 1. The summed E-state index contributed by atoms with van der Waals surface area (Å²) in [5, 5.41) is 0.528. The first kappa shape index (κ1) is 24.7. The van der Waals surface area contributed by atoms with Crippen molar-refractivity contribution in [3.8, 4) is 5.75 Å². The number of esters is 2. The Morgan fingerprint density at radius 2 is 1.46 bits per heavy atom. The first-order valence-corrected chi connectivity index (χ1v) is 11.6. The van der Waals surface area contributed by atoms with Crippen LogP contribution in [0.4, 0.5) is 0 Å². The first-order valence-electron chi connectivity index (χ1n) is 11.2. The number of ketones is 1. The monoisotopic (exact) mass is 495 g/mol. The number of nitrogens with zero attached hydrogens (tertiary/aromatic N) is 1. The Morgan fingerprint density at radius 1 is 0.886 bits per heavy atom. The van der Waals surface area contributed by atoms with Gasteiger partial charge in [0.2, 0.25) is 0 Å². The van der Waals surface area contributed by atoms with Crippen molar-refractivity contribution < 1.29 is 28.6 Å². The van der Waals surface area contributed by atoms with Crippen LogP contribution in [0.5, 0.6) is 5.75 Å². The van der Waals surface area contributed by atoms with Crippen LogP contribution in [-0.2, 0) is 23.9 Å².